The summed E-state index contributed by atoms with van der Waals surface area (Å²) in [6.45, 7) is 2.24. The van der Waals surface area contributed by atoms with E-state index in [4.69, 9.17) is 0 Å². The molecule has 4 rings (SSSR count). The fourth-order valence-electron chi connectivity index (χ4n) is 4.95. The Hall–Kier alpha value is -1.37. The Morgan fingerprint density at radius 3 is 2.85 bits per heavy atom. The van der Waals surface area contributed by atoms with Crippen molar-refractivity contribution < 1.29 is 4.79 Å². The number of ketones is 1. The summed E-state index contributed by atoms with van der Waals surface area (Å²) < 4.78 is 0. The van der Waals surface area contributed by atoms with Crippen molar-refractivity contribution in [3.8, 4) is 0 Å². The Balaban J connectivity index is 1.89. The third-order valence-electron chi connectivity index (χ3n) is 5.76. The average Bonchev–Trinajstić information content (AvgIpc) is 3.05. The summed E-state index contributed by atoms with van der Waals surface area (Å²) in [6, 6.07) is 6.70. The summed E-state index contributed by atoms with van der Waals surface area (Å²) >= 11 is 0. The fourth-order valence-corrected chi connectivity index (χ4v) is 4.95. The molecule has 104 valence electrons. The maximum absolute atomic E-state index is 12.8. The van der Waals surface area contributed by atoms with Crippen LogP contribution in [0.15, 0.2) is 30.4 Å². The molecule has 1 aromatic carbocycles. The molecule has 1 spiro atoms. The molecular formula is C19H22O. The molecule has 3 unspecified atom stereocenters. The number of hydrogen-bond acceptors (Lipinski definition) is 1. The number of hydrogen-bond donors (Lipinski definition) is 0. The van der Waals surface area contributed by atoms with Crippen molar-refractivity contribution in [2.24, 2.45) is 11.8 Å². The number of allylic oxidation sites excluding steroid dienone is 2. The van der Waals surface area contributed by atoms with Gasteiger partial charge in [-0.15, -0.1) is 0 Å². The van der Waals surface area contributed by atoms with Crippen LogP contribution in [0.3, 0.4) is 0 Å². The third-order valence-corrected chi connectivity index (χ3v) is 5.76. The maximum atomic E-state index is 12.8. The molecule has 0 aliphatic heterocycles. The van der Waals surface area contributed by atoms with Crippen LogP contribution in [0, 0.1) is 11.8 Å². The maximum Gasteiger partial charge on any atom is 0.144 e. The van der Waals surface area contributed by atoms with Gasteiger partial charge in [0.2, 0.25) is 0 Å². The Morgan fingerprint density at radius 1 is 1.25 bits per heavy atom. The van der Waals surface area contributed by atoms with Crippen molar-refractivity contribution in [1.29, 1.82) is 0 Å². The van der Waals surface area contributed by atoms with Crippen LogP contribution in [-0.2, 0) is 23.1 Å². The van der Waals surface area contributed by atoms with Crippen LogP contribution >= 0.6 is 0 Å². The van der Waals surface area contributed by atoms with Crippen LogP contribution < -0.4 is 0 Å². The molecule has 1 aromatic rings. The van der Waals surface area contributed by atoms with Gasteiger partial charge in [-0.3, -0.25) is 4.79 Å². The summed E-state index contributed by atoms with van der Waals surface area (Å²) in [5.41, 5.74) is 4.23. The third kappa shape index (κ3) is 1.47. The molecule has 0 N–H and O–H groups in total. The Bertz CT molecular complexity index is 598. The Kier molecular flexibility index (Phi) is 2.67. The van der Waals surface area contributed by atoms with Crippen molar-refractivity contribution in [3.05, 3.63) is 47.0 Å². The minimum Gasteiger partial charge on any atom is -0.299 e. The van der Waals surface area contributed by atoms with Gasteiger partial charge in [-0.1, -0.05) is 43.7 Å². The molecule has 0 aromatic heterocycles. The summed E-state index contributed by atoms with van der Waals surface area (Å²) in [4.78, 5) is 12.8. The predicted octanol–water partition coefficient (Wildman–Crippen LogP) is 3.99. The van der Waals surface area contributed by atoms with Crippen LogP contribution in [0.4, 0.5) is 0 Å². The van der Waals surface area contributed by atoms with Crippen LogP contribution in [0.25, 0.3) is 0 Å². The van der Waals surface area contributed by atoms with Crippen molar-refractivity contribution in [3.63, 3.8) is 0 Å². The van der Waals surface area contributed by atoms with Gasteiger partial charge in [-0.25, -0.2) is 0 Å². The summed E-state index contributed by atoms with van der Waals surface area (Å²) in [5, 5.41) is 0. The second kappa shape index (κ2) is 4.31. The second-order valence-electron chi connectivity index (χ2n) is 6.78. The van der Waals surface area contributed by atoms with Gasteiger partial charge in [0.1, 0.15) is 5.78 Å². The fraction of sp³-hybridized carbons (Fsp3) is 0.526. The molecule has 0 heterocycles. The van der Waals surface area contributed by atoms with Crippen LogP contribution in [0.2, 0.25) is 0 Å². The first-order chi connectivity index (χ1) is 9.75. The highest BCUT2D eigenvalue weighted by Gasteiger charge is 2.55. The Labute approximate surface area is 121 Å². The molecule has 1 nitrogen and oxygen atoms in total. The predicted molar refractivity (Wildman–Crippen MR) is 80.8 cm³/mol. The van der Waals surface area contributed by atoms with Gasteiger partial charge >= 0.3 is 0 Å². The highest BCUT2D eigenvalue weighted by molar-refractivity contribution is 5.94. The van der Waals surface area contributed by atoms with Crippen molar-refractivity contribution in [2.75, 3.05) is 0 Å². The summed E-state index contributed by atoms with van der Waals surface area (Å²) in [6.07, 6.45) is 11.0. The number of benzene rings is 1. The van der Waals surface area contributed by atoms with E-state index in [0.717, 1.165) is 25.7 Å². The number of fused-ring (bicyclic) bond motifs is 5. The van der Waals surface area contributed by atoms with E-state index in [-0.39, 0.29) is 5.41 Å². The molecule has 2 bridgehead atoms. The van der Waals surface area contributed by atoms with E-state index in [0.29, 0.717) is 17.6 Å². The zero-order valence-corrected chi connectivity index (χ0v) is 12.2. The lowest BCUT2D eigenvalue weighted by molar-refractivity contribution is -0.126. The van der Waals surface area contributed by atoms with E-state index in [1.165, 1.54) is 29.5 Å². The molecule has 3 aliphatic rings. The first kappa shape index (κ1) is 12.4. The summed E-state index contributed by atoms with van der Waals surface area (Å²) in [5.74, 6) is 1.62. The normalized spacial score (nSPS) is 34.0. The topological polar surface area (TPSA) is 17.1 Å². The average molecular weight is 266 g/mol. The number of aryl methyl sites for hydroxylation is 1. The number of carbonyl (C=O) groups excluding carboxylic acids is 1. The molecule has 3 atom stereocenters. The molecule has 0 saturated heterocycles. The van der Waals surface area contributed by atoms with E-state index in [2.05, 4.69) is 37.3 Å². The minimum absolute atomic E-state index is 0.156. The number of carbonyl (C=O) groups is 1. The second-order valence-corrected chi connectivity index (χ2v) is 6.78. The first-order valence-electron chi connectivity index (χ1n) is 8.08. The van der Waals surface area contributed by atoms with Gasteiger partial charge in [0, 0.05) is 6.42 Å². The lowest BCUT2D eigenvalue weighted by atomic mass is 9.61. The molecule has 0 radical (unpaired) electrons. The molecule has 20 heavy (non-hydrogen) atoms. The van der Waals surface area contributed by atoms with E-state index < -0.39 is 0 Å². The van der Waals surface area contributed by atoms with Gasteiger partial charge < -0.3 is 0 Å². The molecule has 1 fully saturated rings. The van der Waals surface area contributed by atoms with Crippen molar-refractivity contribution in [2.45, 2.75) is 50.9 Å². The lowest BCUT2D eigenvalue weighted by Gasteiger charge is -2.40. The quantitative estimate of drug-likeness (QED) is 0.740. The lowest BCUT2D eigenvalue weighted by Crippen LogP contribution is -2.43. The Morgan fingerprint density at radius 2 is 2.15 bits per heavy atom. The van der Waals surface area contributed by atoms with E-state index in [1.54, 1.807) is 0 Å². The number of rotatable bonds is 2. The van der Waals surface area contributed by atoms with Gasteiger partial charge in [0.15, 0.2) is 0 Å². The minimum atomic E-state index is -0.156. The monoisotopic (exact) mass is 266 g/mol. The van der Waals surface area contributed by atoms with Gasteiger partial charge in [-0.05, 0) is 54.2 Å². The highest BCUT2D eigenvalue weighted by atomic mass is 16.1. The standard InChI is InChI=1S/C19H22O/c1-2-4-14-5-3-6-17-16(14)9-10-18(20)19(17)12-13-7-8-15(19)11-13/h3,5-8,13,15H,2,4,9-12H2,1H3. The van der Waals surface area contributed by atoms with E-state index >= 15 is 0 Å². The van der Waals surface area contributed by atoms with E-state index in [9.17, 15) is 4.79 Å². The molecular weight excluding hydrogens is 244 g/mol. The largest absolute Gasteiger partial charge is 0.299 e. The summed E-state index contributed by atoms with van der Waals surface area (Å²) in [7, 11) is 0. The van der Waals surface area contributed by atoms with Crippen LogP contribution in [0.5, 0.6) is 0 Å². The van der Waals surface area contributed by atoms with Gasteiger partial charge in [0.05, 0.1) is 5.41 Å². The van der Waals surface area contributed by atoms with Crippen molar-refractivity contribution >= 4 is 5.78 Å². The molecule has 1 saturated carbocycles. The molecule has 1 heteroatoms. The van der Waals surface area contributed by atoms with E-state index in [1.807, 2.05) is 0 Å². The number of Topliss-reactive ketones (excluding diaryl/α,β-unsaturated/α-hetero) is 1. The van der Waals surface area contributed by atoms with Gasteiger partial charge in [-0.2, -0.15) is 0 Å². The van der Waals surface area contributed by atoms with Crippen LogP contribution in [-0.4, -0.2) is 5.78 Å². The highest BCUT2D eigenvalue weighted by Crippen LogP contribution is 2.56. The van der Waals surface area contributed by atoms with Crippen LogP contribution in [0.1, 0.15) is 49.3 Å². The van der Waals surface area contributed by atoms with Gasteiger partial charge in [0.25, 0.3) is 0 Å². The SMILES string of the molecule is CCCc1cccc2c1CCC(=O)C21CC2C=CC1C2. The smallest absolute Gasteiger partial charge is 0.144 e. The molecule has 0 amide bonds. The zero-order chi connectivity index (χ0) is 13.7. The van der Waals surface area contributed by atoms with Crippen molar-refractivity contribution in [1.82, 2.24) is 0 Å². The first-order valence-corrected chi connectivity index (χ1v) is 8.08. The molecule has 3 aliphatic carbocycles. The zero-order valence-electron chi connectivity index (χ0n) is 12.2.